The Morgan fingerprint density at radius 1 is 1.41 bits per heavy atom. The van der Waals surface area contributed by atoms with Crippen LogP contribution in [0, 0.1) is 0 Å². The Kier molecular flexibility index (Phi) is 3.35. The van der Waals surface area contributed by atoms with Gasteiger partial charge in [-0.2, -0.15) is 8.42 Å². The quantitative estimate of drug-likeness (QED) is 0.392. The van der Waals surface area contributed by atoms with Crippen molar-refractivity contribution in [3.8, 4) is 0 Å². The lowest BCUT2D eigenvalue weighted by molar-refractivity contribution is -0.171. The van der Waals surface area contributed by atoms with Crippen LogP contribution in [0.15, 0.2) is 12.2 Å². The highest BCUT2D eigenvalue weighted by molar-refractivity contribution is 7.87. The van der Waals surface area contributed by atoms with Gasteiger partial charge in [-0.1, -0.05) is 6.58 Å². The fourth-order valence-electron chi connectivity index (χ4n) is 3.25. The van der Waals surface area contributed by atoms with E-state index in [1.54, 1.807) is 0 Å². The molecule has 9 heteroatoms. The second-order valence-corrected chi connectivity index (χ2v) is 7.57. The van der Waals surface area contributed by atoms with Crippen LogP contribution in [-0.4, -0.2) is 56.1 Å². The van der Waals surface area contributed by atoms with Gasteiger partial charge in [0.15, 0.2) is 17.5 Å². The summed E-state index contributed by atoms with van der Waals surface area (Å²) in [7, 11) is -3.85. The number of fused-ring (bicyclic) bond motifs is 1. The molecule has 0 spiro atoms. The zero-order chi connectivity index (χ0) is 16.3. The van der Waals surface area contributed by atoms with Crippen molar-refractivity contribution >= 4 is 22.1 Å². The van der Waals surface area contributed by atoms with E-state index in [0.717, 1.165) is 0 Å². The highest BCUT2D eigenvalue weighted by atomic mass is 32.2. The Labute approximate surface area is 127 Å². The molecule has 0 saturated carbocycles. The second-order valence-electron chi connectivity index (χ2n) is 5.89. The van der Waals surface area contributed by atoms with E-state index in [-0.39, 0.29) is 5.57 Å². The van der Waals surface area contributed by atoms with E-state index in [2.05, 4.69) is 6.58 Å². The molecule has 0 aromatic heterocycles. The molecule has 0 radical (unpaired) electrons. The van der Waals surface area contributed by atoms with Crippen LogP contribution in [0.5, 0.6) is 0 Å². The average Bonchev–Trinajstić information content (AvgIpc) is 2.95. The predicted molar refractivity (Wildman–Crippen MR) is 71.1 cm³/mol. The molecular weight excluding hydrogens is 316 g/mol. The number of carbonyl (C=O) groups excluding carboxylic acids is 2. The third kappa shape index (κ3) is 2.15. The van der Waals surface area contributed by atoms with E-state index >= 15 is 0 Å². The maximum Gasteiger partial charge on any atom is 0.344 e. The van der Waals surface area contributed by atoms with Crippen molar-refractivity contribution in [3.05, 3.63) is 12.2 Å². The second kappa shape index (κ2) is 4.77. The summed E-state index contributed by atoms with van der Waals surface area (Å²) in [6.45, 7) is 5.72. The van der Waals surface area contributed by atoms with Crippen LogP contribution in [0.3, 0.4) is 0 Å². The molecule has 8 nitrogen and oxygen atoms in total. The predicted octanol–water partition coefficient (Wildman–Crippen LogP) is -0.324. The standard InChI is InChI=1S/C13H16O8S/c1-6(2)12(15)18-5-9(14)20-13(3)8-4-7-10(19-8)11(13)22(16,17)21-7/h7-8,10-11H,1,4-5H2,2-3H3. The van der Waals surface area contributed by atoms with Crippen molar-refractivity contribution in [3.63, 3.8) is 0 Å². The molecule has 0 N–H and O–H groups in total. The van der Waals surface area contributed by atoms with Crippen LogP contribution < -0.4 is 0 Å². The van der Waals surface area contributed by atoms with E-state index in [0.29, 0.717) is 6.42 Å². The first-order chi connectivity index (χ1) is 10.1. The average molecular weight is 332 g/mol. The van der Waals surface area contributed by atoms with Gasteiger partial charge in [0.1, 0.15) is 18.3 Å². The first kappa shape index (κ1) is 15.4. The molecule has 0 aliphatic carbocycles. The fraction of sp³-hybridized carbons (Fsp3) is 0.692. The van der Waals surface area contributed by atoms with Gasteiger partial charge in [-0.05, 0) is 13.8 Å². The molecule has 2 bridgehead atoms. The third-order valence-corrected chi connectivity index (χ3v) is 6.08. The Bertz CT molecular complexity index is 651. The molecule has 0 aromatic rings. The SMILES string of the molecule is C=C(C)C(=O)OCC(=O)OC1(C)C2CC3OS(=O)(=O)C1C3O2. The van der Waals surface area contributed by atoms with Gasteiger partial charge in [0.2, 0.25) is 0 Å². The van der Waals surface area contributed by atoms with Crippen LogP contribution in [0.1, 0.15) is 20.3 Å². The molecule has 5 atom stereocenters. The lowest BCUT2D eigenvalue weighted by atomic mass is 9.84. The number of carbonyl (C=O) groups is 2. The Balaban J connectivity index is 1.71. The Morgan fingerprint density at radius 3 is 2.73 bits per heavy atom. The number of rotatable bonds is 4. The van der Waals surface area contributed by atoms with Crippen molar-refractivity contribution < 1.29 is 36.4 Å². The lowest BCUT2D eigenvalue weighted by Crippen LogP contribution is -2.53. The molecule has 3 saturated heterocycles. The molecule has 3 aliphatic rings. The number of hydrogen-bond acceptors (Lipinski definition) is 8. The zero-order valence-corrected chi connectivity index (χ0v) is 12.9. The molecule has 3 fully saturated rings. The summed E-state index contributed by atoms with van der Waals surface area (Å²) < 4.78 is 44.6. The van der Waals surface area contributed by atoms with Gasteiger partial charge in [-0.15, -0.1) is 0 Å². The third-order valence-electron chi connectivity index (χ3n) is 4.21. The summed E-state index contributed by atoms with van der Waals surface area (Å²) in [6.07, 6.45) is -1.33. The van der Waals surface area contributed by atoms with Crippen molar-refractivity contribution in [2.24, 2.45) is 0 Å². The molecular formula is C13H16O8S. The summed E-state index contributed by atoms with van der Waals surface area (Å²) in [5.74, 6) is -1.56. The highest BCUT2D eigenvalue weighted by Gasteiger charge is 2.73. The molecule has 3 heterocycles. The van der Waals surface area contributed by atoms with Gasteiger partial charge in [-0.25, -0.2) is 9.59 Å². The van der Waals surface area contributed by atoms with Gasteiger partial charge in [-0.3, -0.25) is 4.18 Å². The molecule has 0 amide bonds. The van der Waals surface area contributed by atoms with Gasteiger partial charge in [0, 0.05) is 12.0 Å². The minimum atomic E-state index is -3.85. The minimum Gasteiger partial charge on any atom is -0.452 e. The first-order valence-corrected chi connectivity index (χ1v) is 8.24. The Morgan fingerprint density at radius 2 is 2.09 bits per heavy atom. The van der Waals surface area contributed by atoms with E-state index < -0.39 is 57.8 Å². The summed E-state index contributed by atoms with van der Waals surface area (Å²) in [4.78, 5) is 23.1. The Hall–Kier alpha value is -1.45. The van der Waals surface area contributed by atoms with Crippen molar-refractivity contribution in [2.75, 3.05) is 6.61 Å². The van der Waals surface area contributed by atoms with E-state index in [4.69, 9.17) is 18.4 Å². The molecule has 3 rings (SSSR count). The summed E-state index contributed by atoms with van der Waals surface area (Å²) in [5.41, 5.74) is -1.19. The summed E-state index contributed by atoms with van der Waals surface area (Å²) >= 11 is 0. The van der Waals surface area contributed by atoms with Gasteiger partial charge < -0.3 is 14.2 Å². The molecule has 3 aliphatic heterocycles. The van der Waals surface area contributed by atoms with Crippen molar-refractivity contribution in [1.82, 2.24) is 0 Å². The fourth-order valence-corrected chi connectivity index (χ4v) is 5.24. The van der Waals surface area contributed by atoms with Gasteiger partial charge in [0.25, 0.3) is 10.1 Å². The molecule has 22 heavy (non-hydrogen) atoms. The first-order valence-electron chi connectivity index (χ1n) is 6.77. The minimum absolute atomic E-state index is 0.150. The van der Waals surface area contributed by atoms with Crippen molar-refractivity contribution in [1.29, 1.82) is 0 Å². The van der Waals surface area contributed by atoms with E-state index in [1.807, 2.05) is 0 Å². The largest absolute Gasteiger partial charge is 0.452 e. The maximum atomic E-state index is 12.0. The summed E-state index contributed by atoms with van der Waals surface area (Å²) in [5, 5.41) is -1.05. The highest BCUT2D eigenvalue weighted by Crippen LogP contribution is 2.53. The zero-order valence-electron chi connectivity index (χ0n) is 12.1. The van der Waals surface area contributed by atoms with Crippen LogP contribution in [-0.2, 0) is 38.1 Å². The van der Waals surface area contributed by atoms with Crippen LogP contribution in [0.4, 0.5) is 0 Å². The number of ether oxygens (including phenoxy) is 3. The molecule has 0 aromatic carbocycles. The number of esters is 2. The van der Waals surface area contributed by atoms with E-state index in [9.17, 15) is 18.0 Å². The van der Waals surface area contributed by atoms with Crippen LogP contribution in [0.25, 0.3) is 0 Å². The smallest absolute Gasteiger partial charge is 0.344 e. The normalized spacial score (nSPS) is 40.5. The van der Waals surface area contributed by atoms with E-state index in [1.165, 1.54) is 13.8 Å². The molecule has 5 unspecified atom stereocenters. The lowest BCUT2D eigenvalue weighted by Gasteiger charge is -2.33. The van der Waals surface area contributed by atoms with Gasteiger partial charge in [0.05, 0.1) is 0 Å². The van der Waals surface area contributed by atoms with Crippen molar-refractivity contribution in [2.45, 2.75) is 49.4 Å². The molecule has 122 valence electrons. The topological polar surface area (TPSA) is 105 Å². The monoisotopic (exact) mass is 332 g/mol. The maximum absolute atomic E-state index is 12.0. The van der Waals surface area contributed by atoms with Crippen LogP contribution >= 0.6 is 0 Å². The van der Waals surface area contributed by atoms with Crippen LogP contribution in [0.2, 0.25) is 0 Å². The van der Waals surface area contributed by atoms with Gasteiger partial charge >= 0.3 is 11.9 Å². The summed E-state index contributed by atoms with van der Waals surface area (Å²) in [6, 6.07) is 0. The number of hydrogen-bond donors (Lipinski definition) is 0.